The average molecular weight is 278 g/mol. The van der Waals surface area contributed by atoms with Gasteiger partial charge >= 0.3 is 0 Å². The van der Waals surface area contributed by atoms with Gasteiger partial charge in [0.05, 0.1) is 13.2 Å². The Morgan fingerprint density at radius 2 is 2.20 bits per heavy atom. The van der Waals surface area contributed by atoms with Crippen LogP contribution in [-0.2, 0) is 4.74 Å². The van der Waals surface area contributed by atoms with Crippen LogP contribution < -0.4 is 10.5 Å². The van der Waals surface area contributed by atoms with Gasteiger partial charge in [-0.15, -0.1) is 0 Å². The third kappa shape index (κ3) is 3.95. The molecule has 1 aliphatic rings. The van der Waals surface area contributed by atoms with E-state index in [1.165, 1.54) is 6.42 Å². The van der Waals surface area contributed by atoms with E-state index in [-0.39, 0.29) is 6.04 Å². The van der Waals surface area contributed by atoms with Gasteiger partial charge in [-0.2, -0.15) is 0 Å². The summed E-state index contributed by atoms with van der Waals surface area (Å²) >= 11 is 0. The maximum Gasteiger partial charge on any atom is 0.124 e. The van der Waals surface area contributed by atoms with Gasteiger partial charge in [-0.1, -0.05) is 18.2 Å². The highest BCUT2D eigenvalue weighted by Gasteiger charge is 2.24. The highest BCUT2D eigenvalue weighted by molar-refractivity contribution is 5.36. The molecule has 0 bridgehead atoms. The van der Waals surface area contributed by atoms with Gasteiger partial charge in [-0.3, -0.25) is 0 Å². The van der Waals surface area contributed by atoms with E-state index in [1.807, 2.05) is 25.1 Å². The smallest absolute Gasteiger partial charge is 0.124 e. The Balaban J connectivity index is 1.93. The summed E-state index contributed by atoms with van der Waals surface area (Å²) in [5.41, 5.74) is 7.47. The number of hydrogen-bond acceptors (Lipinski definition) is 4. The number of hydrogen-bond donors (Lipinski definition) is 1. The van der Waals surface area contributed by atoms with E-state index < -0.39 is 0 Å². The first-order valence-corrected chi connectivity index (χ1v) is 7.43. The zero-order chi connectivity index (χ0) is 14.4. The van der Waals surface area contributed by atoms with Gasteiger partial charge in [0, 0.05) is 31.8 Å². The number of rotatable bonds is 7. The van der Waals surface area contributed by atoms with Crippen LogP contribution in [0.25, 0.3) is 0 Å². The Morgan fingerprint density at radius 3 is 2.95 bits per heavy atom. The third-order valence-electron chi connectivity index (χ3n) is 3.85. The molecule has 20 heavy (non-hydrogen) atoms. The molecule has 0 saturated carbocycles. The van der Waals surface area contributed by atoms with Gasteiger partial charge in [-0.25, -0.2) is 0 Å². The molecule has 1 saturated heterocycles. The van der Waals surface area contributed by atoms with Crippen molar-refractivity contribution in [3.8, 4) is 5.75 Å². The molecule has 1 heterocycles. The Labute approximate surface area is 121 Å². The lowest BCUT2D eigenvalue weighted by molar-refractivity contribution is 0.152. The third-order valence-corrected chi connectivity index (χ3v) is 3.85. The standard InChI is InChI=1S/C16H26N2O2/c1-3-20-16-7-5-4-6-14(16)15(17)11-18-9-8-13(10-18)12-19-2/h4-7,13,15H,3,8-12,17H2,1-2H3. The van der Waals surface area contributed by atoms with Crippen molar-refractivity contribution in [1.29, 1.82) is 0 Å². The molecule has 0 spiro atoms. The molecular weight excluding hydrogens is 252 g/mol. The summed E-state index contributed by atoms with van der Waals surface area (Å²) in [5.74, 6) is 1.56. The van der Waals surface area contributed by atoms with Crippen molar-refractivity contribution in [3.05, 3.63) is 29.8 Å². The van der Waals surface area contributed by atoms with Crippen LogP contribution in [0, 0.1) is 5.92 Å². The van der Waals surface area contributed by atoms with Crippen LogP contribution in [0.3, 0.4) is 0 Å². The Kier molecular flexibility index (Phi) is 5.83. The Hall–Kier alpha value is -1.10. The number of nitrogens with zero attached hydrogens (tertiary/aromatic N) is 1. The molecule has 2 atom stereocenters. The van der Waals surface area contributed by atoms with E-state index in [0.717, 1.165) is 37.6 Å². The maximum atomic E-state index is 6.37. The predicted octanol–water partition coefficient (Wildman–Crippen LogP) is 2.05. The van der Waals surface area contributed by atoms with Crippen LogP contribution >= 0.6 is 0 Å². The van der Waals surface area contributed by atoms with Crippen molar-refractivity contribution < 1.29 is 9.47 Å². The molecule has 2 unspecified atom stereocenters. The van der Waals surface area contributed by atoms with E-state index in [4.69, 9.17) is 15.2 Å². The molecule has 4 heteroatoms. The van der Waals surface area contributed by atoms with Crippen LogP contribution in [0.4, 0.5) is 0 Å². The number of methoxy groups -OCH3 is 1. The highest BCUT2D eigenvalue weighted by atomic mass is 16.5. The number of ether oxygens (including phenoxy) is 2. The van der Waals surface area contributed by atoms with Crippen molar-refractivity contribution in [1.82, 2.24) is 4.90 Å². The van der Waals surface area contributed by atoms with Crippen molar-refractivity contribution in [2.75, 3.05) is 40.0 Å². The summed E-state index contributed by atoms with van der Waals surface area (Å²) in [6.45, 7) is 6.59. The number of nitrogens with two attached hydrogens (primary N) is 1. The molecule has 1 aliphatic heterocycles. The van der Waals surface area contributed by atoms with Gasteiger partial charge in [0.15, 0.2) is 0 Å². The molecule has 0 aromatic heterocycles. The first-order valence-electron chi connectivity index (χ1n) is 7.43. The lowest BCUT2D eigenvalue weighted by Gasteiger charge is -2.22. The summed E-state index contributed by atoms with van der Waals surface area (Å²) in [6.07, 6.45) is 1.20. The number of likely N-dealkylation sites (tertiary alicyclic amines) is 1. The lowest BCUT2D eigenvalue weighted by Crippen LogP contribution is -2.31. The summed E-state index contributed by atoms with van der Waals surface area (Å²) in [6, 6.07) is 8.08. The van der Waals surface area contributed by atoms with E-state index in [1.54, 1.807) is 7.11 Å². The molecule has 0 aliphatic carbocycles. The van der Waals surface area contributed by atoms with Crippen molar-refractivity contribution >= 4 is 0 Å². The highest BCUT2D eigenvalue weighted by Crippen LogP contribution is 2.26. The van der Waals surface area contributed by atoms with Crippen LogP contribution in [0.1, 0.15) is 24.9 Å². The second-order valence-corrected chi connectivity index (χ2v) is 5.45. The fourth-order valence-electron chi connectivity index (χ4n) is 2.90. The molecule has 2 N–H and O–H groups in total. The predicted molar refractivity (Wildman–Crippen MR) is 81.0 cm³/mol. The van der Waals surface area contributed by atoms with Crippen LogP contribution in [0.2, 0.25) is 0 Å². The quantitative estimate of drug-likeness (QED) is 0.829. The van der Waals surface area contributed by atoms with E-state index in [9.17, 15) is 0 Å². The normalized spacial score (nSPS) is 21.1. The monoisotopic (exact) mass is 278 g/mol. The Bertz CT molecular complexity index is 411. The van der Waals surface area contributed by atoms with Gasteiger partial charge in [0.2, 0.25) is 0 Å². The minimum Gasteiger partial charge on any atom is -0.494 e. The van der Waals surface area contributed by atoms with Crippen LogP contribution in [-0.4, -0.2) is 44.9 Å². The molecule has 1 fully saturated rings. The van der Waals surface area contributed by atoms with Gasteiger partial charge in [0.1, 0.15) is 5.75 Å². The number of benzene rings is 1. The first kappa shape index (κ1) is 15.3. The van der Waals surface area contributed by atoms with E-state index in [2.05, 4.69) is 11.0 Å². The molecule has 2 rings (SSSR count). The summed E-state index contributed by atoms with van der Waals surface area (Å²) in [4.78, 5) is 2.43. The van der Waals surface area contributed by atoms with Crippen LogP contribution in [0.5, 0.6) is 5.75 Å². The number of para-hydroxylation sites is 1. The molecule has 112 valence electrons. The minimum absolute atomic E-state index is 0.000884. The molecule has 1 aromatic carbocycles. The van der Waals surface area contributed by atoms with Crippen LogP contribution in [0.15, 0.2) is 24.3 Å². The van der Waals surface area contributed by atoms with Crippen molar-refractivity contribution in [2.24, 2.45) is 11.7 Å². The second-order valence-electron chi connectivity index (χ2n) is 5.45. The van der Waals surface area contributed by atoms with E-state index in [0.29, 0.717) is 12.5 Å². The first-order chi connectivity index (χ1) is 9.74. The van der Waals surface area contributed by atoms with Gasteiger partial charge in [-0.05, 0) is 31.9 Å². The lowest BCUT2D eigenvalue weighted by atomic mass is 10.1. The average Bonchev–Trinajstić information content (AvgIpc) is 2.87. The fourth-order valence-corrected chi connectivity index (χ4v) is 2.90. The molecular formula is C16H26N2O2. The minimum atomic E-state index is -0.000884. The van der Waals surface area contributed by atoms with Gasteiger partial charge < -0.3 is 20.1 Å². The fraction of sp³-hybridized carbons (Fsp3) is 0.625. The molecule has 0 radical (unpaired) electrons. The summed E-state index contributed by atoms with van der Waals surface area (Å²) in [5, 5.41) is 0. The largest absolute Gasteiger partial charge is 0.494 e. The van der Waals surface area contributed by atoms with Crippen molar-refractivity contribution in [3.63, 3.8) is 0 Å². The SMILES string of the molecule is CCOc1ccccc1C(N)CN1CCC(COC)C1. The van der Waals surface area contributed by atoms with E-state index >= 15 is 0 Å². The molecule has 4 nitrogen and oxygen atoms in total. The summed E-state index contributed by atoms with van der Waals surface area (Å²) in [7, 11) is 1.77. The second kappa shape index (κ2) is 7.62. The Morgan fingerprint density at radius 1 is 1.40 bits per heavy atom. The molecule has 0 amide bonds. The zero-order valence-corrected chi connectivity index (χ0v) is 12.5. The zero-order valence-electron chi connectivity index (χ0n) is 12.5. The summed E-state index contributed by atoms with van der Waals surface area (Å²) < 4.78 is 10.9. The maximum absolute atomic E-state index is 6.37. The topological polar surface area (TPSA) is 47.7 Å². The molecule has 1 aromatic rings. The van der Waals surface area contributed by atoms with Gasteiger partial charge in [0.25, 0.3) is 0 Å². The van der Waals surface area contributed by atoms with Crippen molar-refractivity contribution in [2.45, 2.75) is 19.4 Å².